The average molecular weight is 252 g/mol. The van der Waals surface area contributed by atoms with Gasteiger partial charge in [-0.25, -0.2) is 4.98 Å². The number of hydrogen-bond donors (Lipinski definition) is 1. The van der Waals surface area contributed by atoms with Crippen molar-refractivity contribution in [2.45, 2.75) is 6.61 Å². The van der Waals surface area contributed by atoms with Crippen LogP contribution in [0.5, 0.6) is 5.75 Å². The largest absolute Gasteiger partial charge is 0.489 e. The summed E-state index contributed by atoms with van der Waals surface area (Å²) in [4.78, 5) is 18.3. The summed E-state index contributed by atoms with van der Waals surface area (Å²) >= 11 is 0. The lowest BCUT2D eigenvalue weighted by Gasteiger charge is -2.06. The molecule has 0 fully saturated rings. The molecule has 4 heteroatoms. The Hall–Kier alpha value is -2.62. The molecule has 0 aliphatic heterocycles. The summed E-state index contributed by atoms with van der Waals surface area (Å²) < 4.78 is 5.67. The molecule has 1 heterocycles. The normalized spacial score (nSPS) is 10.5. The van der Waals surface area contributed by atoms with E-state index in [1.54, 1.807) is 12.1 Å². The third-order valence-corrected chi connectivity index (χ3v) is 2.86. The summed E-state index contributed by atoms with van der Waals surface area (Å²) in [6.07, 6.45) is 1.40. The third-order valence-electron chi connectivity index (χ3n) is 2.86. The van der Waals surface area contributed by atoms with Crippen molar-refractivity contribution in [1.29, 1.82) is 0 Å². The summed E-state index contributed by atoms with van der Waals surface area (Å²) in [5.74, 6) is 0.662. The fourth-order valence-corrected chi connectivity index (χ4v) is 1.88. The van der Waals surface area contributed by atoms with Gasteiger partial charge in [0.2, 0.25) is 0 Å². The third kappa shape index (κ3) is 2.47. The van der Waals surface area contributed by atoms with Crippen LogP contribution >= 0.6 is 0 Å². The van der Waals surface area contributed by atoms with Gasteiger partial charge in [0.1, 0.15) is 12.4 Å². The Labute approximate surface area is 109 Å². The van der Waals surface area contributed by atoms with E-state index in [1.165, 1.54) is 6.33 Å². The van der Waals surface area contributed by atoms with E-state index in [0.29, 0.717) is 23.3 Å². The van der Waals surface area contributed by atoms with E-state index >= 15 is 0 Å². The first kappa shape index (κ1) is 11.5. The van der Waals surface area contributed by atoms with E-state index in [0.717, 1.165) is 5.56 Å². The number of H-pyrrole nitrogens is 1. The van der Waals surface area contributed by atoms with Gasteiger partial charge in [0.05, 0.1) is 17.2 Å². The van der Waals surface area contributed by atoms with Crippen LogP contribution < -0.4 is 10.3 Å². The predicted molar refractivity (Wildman–Crippen MR) is 73.1 cm³/mol. The predicted octanol–water partition coefficient (Wildman–Crippen LogP) is 2.50. The van der Waals surface area contributed by atoms with Crippen LogP contribution in [0, 0.1) is 0 Å². The molecule has 1 N–H and O–H groups in total. The molecule has 19 heavy (non-hydrogen) atoms. The van der Waals surface area contributed by atoms with Crippen LogP contribution in [0.1, 0.15) is 5.56 Å². The molecule has 1 aromatic heterocycles. The summed E-state index contributed by atoms with van der Waals surface area (Å²) in [6.45, 7) is 0.477. The molecule has 0 amide bonds. The zero-order valence-corrected chi connectivity index (χ0v) is 10.2. The fourth-order valence-electron chi connectivity index (χ4n) is 1.88. The van der Waals surface area contributed by atoms with Gasteiger partial charge in [-0.3, -0.25) is 4.79 Å². The molecule has 0 aliphatic carbocycles. The van der Waals surface area contributed by atoms with Crippen molar-refractivity contribution in [3.8, 4) is 5.75 Å². The van der Waals surface area contributed by atoms with Crippen LogP contribution in [0.2, 0.25) is 0 Å². The molecular weight excluding hydrogens is 240 g/mol. The number of rotatable bonds is 3. The summed E-state index contributed by atoms with van der Waals surface area (Å²) in [5.41, 5.74) is 1.59. The molecule has 0 saturated carbocycles. The van der Waals surface area contributed by atoms with Gasteiger partial charge in [0.25, 0.3) is 5.56 Å². The lowest BCUT2D eigenvalue weighted by molar-refractivity contribution is 0.306. The van der Waals surface area contributed by atoms with Crippen LogP contribution in [0.4, 0.5) is 0 Å². The van der Waals surface area contributed by atoms with E-state index in [2.05, 4.69) is 9.97 Å². The minimum Gasteiger partial charge on any atom is -0.489 e. The highest BCUT2D eigenvalue weighted by Crippen LogP contribution is 2.17. The van der Waals surface area contributed by atoms with Gasteiger partial charge in [-0.05, 0) is 23.8 Å². The molecular formula is C15H12N2O2. The molecule has 0 radical (unpaired) electrons. The Morgan fingerprint density at radius 2 is 1.95 bits per heavy atom. The Morgan fingerprint density at radius 3 is 2.79 bits per heavy atom. The number of nitrogens with zero attached hydrogens (tertiary/aromatic N) is 1. The van der Waals surface area contributed by atoms with E-state index in [1.807, 2.05) is 36.4 Å². The molecule has 4 nitrogen and oxygen atoms in total. The first-order valence-corrected chi connectivity index (χ1v) is 5.97. The second-order valence-electron chi connectivity index (χ2n) is 4.18. The molecule has 0 aliphatic rings. The Balaban J connectivity index is 1.86. The second kappa shape index (κ2) is 4.94. The quantitative estimate of drug-likeness (QED) is 0.779. The fraction of sp³-hybridized carbons (Fsp3) is 0.0667. The lowest BCUT2D eigenvalue weighted by Crippen LogP contribution is -2.06. The second-order valence-corrected chi connectivity index (χ2v) is 4.18. The van der Waals surface area contributed by atoms with E-state index in [-0.39, 0.29) is 5.56 Å². The number of benzene rings is 2. The van der Waals surface area contributed by atoms with Gasteiger partial charge < -0.3 is 9.72 Å². The zero-order chi connectivity index (χ0) is 13.1. The van der Waals surface area contributed by atoms with Crippen LogP contribution in [-0.2, 0) is 6.61 Å². The number of aromatic amines is 1. The Bertz CT molecular complexity index is 751. The van der Waals surface area contributed by atoms with E-state index in [4.69, 9.17) is 4.74 Å². The van der Waals surface area contributed by atoms with Crippen molar-refractivity contribution in [3.63, 3.8) is 0 Å². The van der Waals surface area contributed by atoms with Crippen LogP contribution in [0.15, 0.2) is 59.7 Å². The van der Waals surface area contributed by atoms with Gasteiger partial charge >= 0.3 is 0 Å². The lowest BCUT2D eigenvalue weighted by atomic mass is 10.2. The maximum Gasteiger partial charge on any atom is 0.258 e. The first-order chi connectivity index (χ1) is 9.33. The minimum absolute atomic E-state index is 0.157. The van der Waals surface area contributed by atoms with E-state index in [9.17, 15) is 4.79 Å². The first-order valence-electron chi connectivity index (χ1n) is 5.97. The number of hydrogen-bond acceptors (Lipinski definition) is 3. The molecule has 2 aromatic carbocycles. The zero-order valence-electron chi connectivity index (χ0n) is 10.2. The van der Waals surface area contributed by atoms with Crippen LogP contribution in [-0.4, -0.2) is 9.97 Å². The molecule has 94 valence electrons. The average Bonchev–Trinajstić information content (AvgIpc) is 2.47. The van der Waals surface area contributed by atoms with Crippen LogP contribution in [0.3, 0.4) is 0 Å². The molecule has 3 rings (SSSR count). The summed E-state index contributed by atoms with van der Waals surface area (Å²) in [5, 5.41) is 0.535. The summed E-state index contributed by atoms with van der Waals surface area (Å²) in [7, 11) is 0. The molecule has 0 atom stereocenters. The highest BCUT2D eigenvalue weighted by molar-refractivity contribution is 5.78. The highest BCUT2D eigenvalue weighted by atomic mass is 16.5. The molecule has 0 saturated heterocycles. The minimum atomic E-state index is -0.157. The summed E-state index contributed by atoms with van der Waals surface area (Å²) in [6, 6.07) is 15.2. The van der Waals surface area contributed by atoms with Gasteiger partial charge in [0.15, 0.2) is 0 Å². The number of aromatic nitrogens is 2. The maximum atomic E-state index is 11.7. The highest BCUT2D eigenvalue weighted by Gasteiger charge is 2.02. The molecule has 0 spiro atoms. The standard InChI is InChI=1S/C15H12N2O2/c18-15-13-8-12(6-7-14(13)16-10-17-15)19-9-11-4-2-1-3-5-11/h1-8,10H,9H2,(H,16,17,18). The van der Waals surface area contributed by atoms with Crippen molar-refractivity contribution in [2.24, 2.45) is 0 Å². The Morgan fingerprint density at radius 1 is 1.11 bits per heavy atom. The molecule has 0 bridgehead atoms. The Kier molecular flexibility index (Phi) is 2.98. The van der Waals surface area contributed by atoms with Crippen molar-refractivity contribution < 1.29 is 4.74 Å². The maximum absolute atomic E-state index is 11.7. The van der Waals surface area contributed by atoms with Crippen molar-refractivity contribution in [3.05, 3.63) is 70.8 Å². The number of fused-ring (bicyclic) bond motifs is 1. The van der Waals surface area contributed by atoms with Gasteiger partial charge in [-0.15, -0.1) is 0 Å². The van der Waals surface area contributed by atoms with Crippen molar-refractivity contribution in [2.75, 3.05) is 0 Å². The molecule has 0 unspecified atom stereocenters. The smallest absolute Gasteiger partial charge is 0.258 e. The van der Waals surface area contributed by atoms with Gasteiger partial charge in [0, 0.05) is 0 Å². The van der Waals surface area contributed by atoms with Crippen molar-refractivity contribution >= 4 is 10.9 Å². The van der Waals surface area contributed by atoms with Crippen LogP contribution in [0.25, 0.3) is 10.9 Å². The van der Waals surface area contributed by atoms with Crippen molar-refractivity contribution in [1.82, 2.24) is 9.97 Å². The van der Waals surface area contributed by atoms with Gasteiger partial charge in [-0.1, -0.05) is 30.3 Å². The van der Waals surface area contributed by atoms with Gasteiger partial charge in [-0.2, -0.15) is 0 Å². The molecule has 3 aromatic rings. The monoisotopic (exact) mass is 252 g/mol. The number of ether oxygens (including phenoxy) is 1. The van der Waals surface area contributed by atoms with E-state index < -0.39 is 0 Å². The SMILES string of the molecule is O=c1[nH]cnc2ccc(OCc3ccccc3)cc12. The topological polar surface area (TPSA) is 55.0 Å². The number of nitrogens with one attached hydrogen (secondary N) is 1.